The molecule has 22 heavy (non-hydrogen) atoms. The Kier molecular flexibility index (Phi) is 4.70. The van der Waals surface area contributed by atoms with Crippen molar-refractivity contribution >= 4 is 0 Å². The lowest BCUT2D eigenvalue weighted by Crippen LogP contribution is -2.34. The summed E-state index contributed by atoms with van der Waals surface area (Å²) in [6.45, 7) is 2.42. The summed E-state index contributed by atoms with van der Waals surface area (Å²) >= 11 is 0. The van der Waals surface area contributed by atoms with E-state index in [0.717, 1.165) is 25.3 Å². The summed E-state index contributed by atoms with van der Waals surface area (Å²) in [5.41, 5.74) is 1.20. The number of methoxy groups -OCH3 is 1. The largest absolute Gasteiger partial charge is 0.490 e. The third-order valence-corrected chi connectivity index (χ3v) is 4.19. The molecule has 6 heteroatoms. The summed E-state index contributed by atoms with van der Waals surface area (Å²) < 4.78 is 13.3. The summed E-state index contributed by atoms with van der Waals surface area (Å²) in [7, 11) is 3.75. The van der Waals surface area contributed by atoms with Crippen LogP contribution in [0.2, 0.25) is 0 Å². The monoisotopic (exact) mass is 302 g/mol. The van der Waals surface area contributed by atoms with Crippen molar-refractivity contribution in [3.63, 3.8) is 0 Å². The van der Waals surface area contributed by atoms with Crippen LogP contribution in [0.5, 0.6) is 5.75 Å². The van der Waals surface area contributed by atoms with E-state index < -0.39 is 0 Å². The predicted molar refractivity (Wildman–Crippen MR) is 82.6 cm³/mol. The predicted octanol–water partition coefficient (Wildman–Crippen LogP) is 1.48. The van der Waals surface area contributed by atoms with Crippen LogP contribution in [-0.2, 0) is 18.3 Å². The SMILES string of the molecule is CO[C@@H]1C[C@@H](COc2cccnc2)N(Cc2ccnn2C)C1. The van der Waals surface area contributed by atoms with E-state index in [9.17, 15) is 0 Å². The average molecular weight is 302 g/mol. The van der Waals surface area contributed by atoms with E-state index in [1.54, 1.807) is 19.5 Å². The molecule has 0 spiro atoms. The molecule has 0 aromatic carbocycles. The lowest BCUT2D eigenvalue weighted by atomic mass is 10.2. The fraction of sp³-hybridized carbons (Fsp3) is 0.500. The van der Waals surface area contributed by atoms with E-state index in [2.05, 4.69) is 21.0 Å². The highest BCUT2D eigenvalue weighted by atomic mass is 16.5. The van der Waals surface area contributed by atoms with Gasteiger partial charge in [0.15, 0.2) is 0 Å². The lowest BCUT2D eigenvalue weighted by Gasteiger charge is -2.24. The topological polar surface area (TPSA) is 52.4 Å². The van der Waals surface area contributed by atoms with Gasteiger partial charge in [-0.1, -0.05) is 0 Å². The minimum atomic E-state index is 0.260. The molecule has 118 valence electrons. The van der Waals surface area contributed by atoms with Crippen molar-refractivity contribution in [3.05, 3.63) is 42.5 Å². The number of nitrogens with zero attached hydrogens (tertiary/aromatic N) is 4. The fourth-order valence-corrected chi connectivity index (χ4v) is 2.86. The molecule has 1 aliphatic heterocycles. The van der Waals surface area contributed by atoms with Gasteiger partial charge in [0.05, 0.1) is 18.0 Å². The average Bonchev–Trinajstić information content (AvgIpc) is 3.13. The van der Waals surface area contributed by atoms with E-state index in [1.807, 2.05) is 30.1 Å². The van der Waals surface area contributed by atoms with Crippen LogP contribution in [-0.4, -0.2) is 52.1 Å². The second-order valence-corrected chi connectivity index (χ2v) is 5.62. The van der Waals surface area contributed by atoms with Crippen LogP contribution in [0.15, 0.2) is 36.8 Å². The maximum Gasteiger partial charge on any atom is 0.137 e. The summed E-state index contributed by atoms with van der Waals surface area (Å²) in [4.78, 5) is 6.48. The molecule has 0 amide bonds. The standard InChI is InChI=1S/C16H22N4O2/c1-19-13(5-7-18-19)10-20-11-16(21-2)8-14(20)12-22-15-4-3-6-17-9-15/h3-7,9,14,16H,8,10-12H2,1-2H3/t14-,16+/m0/s1. The summed E-state index contributed by atoms with van der Waals surface area (Å²) in [5, 5.41) is 4.24. The molecule has 1 saturated heterocycles. The summed E-state index contributed by atoms with van der Waals surface area (Å²) in [6, 6.07) is 6.20. The zero-order valence-corrected chi connectivity index (χ0v) is 13.1. The number of aryl methyl sites for hydroxylation is 1. The highest BCUT2D eigenvalue weighted by Gasteiger charge is 2.33. The Morgan fingerprint density at radius 3 is 2.91 bits per heavy atom. The van der Waals surface area contributed by atoms with Crippen LogP contribution in [0.1, 0.15) is 12.1 Å². The second-order valence-electron chi connectivity index (χ2n) is 5.62. The van der Waals surface area contributed by atoms with Gasteiger partial charge in [0, 0.05) is 45.7 Å². The highest BCUT2D eigenvalue weighted by molar-refractivity contribution is 5.15. The van der Waals surface area contributed by atoms with Crippen molar-refractivity contribution in [1.82, 2.24) is 19.7 Å². The van der Waals surface area contributed by atoms with E-state index in [0.29, 0.717) is 12.6 Å². The lowest BCUT2D eigenvalue weighted by molar-refractivity contribution is 0.107. The molecule has 0 unspecified atom stereocenters. The molecule has 1 aliphatic rings. The van der Waals surface area contributed by atoms with Crippen molar-refractivity contribution in [1.29, 1.82) is 0 Å². The normalized spacial score (nSPS) is 22.1. The molecule has 3 rings (SSSR count). The van der Waals surface area contributed by atoms with Gasteiger partial charge in [-0.05, 0) is 24.6 Å². The van der Waals surface area contributed by atoms with Gasteiger partial charge < -0.3 is 9.47 Å². The molecule has 2 aromatic heterocycles. The number of hydrogen-bond donors (Lipinski definition) is 0. The Morgan fingerprint density at radius 2 is 2.23 bits per heavy atom. The first-order valence-corrected chi connectivity index (χ1v) is 7.53. The van der Waals surface area contributed by atoms with Crippen molar-refractivity contribution in [2.45, 2.75) is 25.1 Å². The van der Waals surface area contributed by atoms with Crippen LogP contribution in [0.25, 0.3) is 0 Å². The zero-order chi connectivity index (χ0) is 15.4. The molecule has 3 heterocycles. The minimum Gasteiger partial charge on any atom is -0.490 e. The molecule has 2 aromatic rings. The van der Waals surface area contributed by atoms with Crippen molar-refractivity contribution in [2.24, 2.45) is 7.05 Å². The molecule has 0 saturated carbocycles. The number of hydrogen-bond acceptors (Lipinski definition) is 5. The van der Waals surface area contributed by atoms with Crippen molar-refractivity contribution in [2.75, 3.05) is 20.3 Å². The molecule has 0 aliphatic carbocycles. The van der Waals surface area contributed by atoms with Gasteiger partial charge in [-0.25, -0.2) is 0 Å². The van der Waals surface area contributed by atoms with Gasteiger partial charge in [-0.2, -0.15) is 5.10 Å². The third-order valence-electron chi connectivity index (χ3n) is 4.19. The van der Waals surface area contributed by atoms with E-state index >= 15 is 0 Å². The quantitative estimate of drug-likeness (QED) is 0.809. The number of rotatable bonds is 6. The Balaban J connectivity index is 1.63. The van der Waals surface area contributed by atoms with Gasteiger partial charge in [0.25, 0.3) is 0 Å². The first kappa shape index (κ1) is 15.0. The van der Waals surface area contributed by atoms with Gasteiger partial charge in [0.1, 0.15) is 12.4 Å². The number of pyridine rings is 1. The van der Waals surface area contributed by atoms with Gasteiger partial charge >= 0.3 is 0 Å². The Hall–Kier alpha value is -1.92. The maximum absolute atomic E-state index is 5.88. The van der Waals surface area contributed by atoms with Crippen molar-refractivity contribution in [3.8, 4) is 5.75 Å². The molecule has 0 N–H and O–H groups in total. The summed E-state index contributed by atoms with van der Waals surface area (Å²) in [5.74, 6) is 0.809. The van der Waals surface area contributed by atoms with E-state index in [1.165, 1.54) is 5.69 Å². The first-order chi connectivity index (χ1) is 10.8. The molecule has 0 radical (unpaired) electrons. The maximum atomic E-state index is 5.88. The number of ether oxygens (including phenoxy) is 2. The van der Waals surface area contributed by atoms with Gasteiger partial charge in [-0.3, -0.25) is 14.6 Å². The fourth-order valence-electron chi connectivity index (χ4n) is 2.86. The molecule has 2 atom stereocenters. The molecular weight excluding hydrogens is 280 g/mol. The minimum absolute atomic E-state index is 0.260. The van der Waals surface area contributed by atoms with Crippen molar-refractivity contribution < 1.29 is 9.47 Å². The van der Waals surface area contributed by atoms with Crippen LogP contribution in [0, 0.1) is 0 Å². The number of aromatic nitrogens is 3. The Labute approximate surface area is 130 Å². The summed E-state index contributed by atoms with van der Waals surface area (Å²) in [6.07, 6.45) is 6.57. The van der Waals surface area contributed by atoms with Crippen LogP contribution >= 0.6 is 0 Å². The molecular formula is C16H22N4O2. The second kappa shape index (κ2) is 6.89. The highest BCUT2D eigenvalue weighted by Crippen LogP contribution is 2.23. The van der Waals surface area contributed by atoms with Crippen LogP contribution in [0.4, 0.5) is 0 Å². The molecule has 0 bridgehead atoms. The van der Waals surface area contributed by atoms with Crippen LogP contribution < -0.4 is 4.74 Å². The third kappa shape index (κ3) is 3.45. The van der Waals surface area contributed by atoms with Gasteiger partial charge in [0.2, 0.25) is 0 Å². The Bertz CT molecular complexity index is 587. The van der Waals surface area contributed by atoms with E-state index in [4.69, 9.17) is 9.47 Å². The molecule has 1 fully saturated rings. The number of likely N-dealkylation sites (tertiary alicyclic amines) is 1. The van der Waals surface area contributed by atoms with Crippen LogP contribution in [0.3, 0.4) is 0 Å². The van der Waals surface area contributed by atoms with E-state index in [-0.39, 0.29) is 6.10 Å². The Morgan fingerprint density at radius 1 is 1.32 bits per heavy atom. The smallest absolute Gasteiger partial charge is 0.137 e. The van der Waals surface area contributed by atoms with Gasteiger partial charge in [-0.15, -0.1) is 0 Å². The molecule has 6 nitrogen and oxygen atoms in total. The zero-order valence-electron chi connectivity index (χ0n) is 13.1. The first-order valence-electron chi connectivity index (χ1n) is 7.53.